The third kappa shape index (κ3) is 1.41. The molecule has 72 valence electrons. The first-order valence-corrected chi connectivity index (χ1v) is 3.80. The molecule has 0 aliphatic carbocycles. The summed E-state index contributed by atoms with van der Waals surface area (Å²) in [7, 11) is 0. The molecule has 2 heterocycles. The van der Waals surface area contributed by atoms with Gasteiger partial charge in [0.15, 0.2) is 0 Å². The fraction of sp³-hybridized carbons (Fsp3) is 0.571. The van der Waals surface area contributed by atoms with Crippen molar-refractivity contribution in [3.05, 3.63) is 17.5 Å². The van der Waals surface area contributed by atoms with Gasteiger partial charge < -0.3 is 4.74 Å². The van der Waals surface area contributed by atoms with Crippen molar-refractivity contribution in [2.45, 2.75) is 19.3 Å². The summed E-state index contributed by atoms with van der Waals surface area (Å²) in [5.74, 6) is 0. The van der Waals surface area contributed by atoms with Gasteiger partial charge in [0.1, 0.15) is 0 Å². The molecule has 0 fully saturated rings. The van der Waals surface area contributed by atoms with Crippen LogP contribution in [0.5, 0.6) is 0 Å². The van der Waals surface area contributed by atoms with Crippen molar-refractivity contribution in [3.8, 4) is 0 Å². The van der Waals surface area contributed by atoms with Gasteiger partial charge >= 0.3 is 6.30 Å². The molecule has 0 aromatic carbocycles. The molecule has 6 heteroatoms. The lowest BCUT2D eigenvalue weighted by Gasteiger charge is -2.15. The molecule has 13 heavy (non-hydrogen) atoms. The van der Waals surface area contributed by atoms with Gasteiger partial charge in [0.25, 0.3) is 0 Å². The third-order valence-corrected chi connectivity index (χ3v) is 1.95. The fourth-order valence-electron chi connectivity index (χ4n) is 1.34. The van der Waals surface area contributed by atoms with Gasteiger partial charge in [0.05, 0.1) is 25.1 Å². The van der Waals surface area contributed by atoms with E-state index in [1.165, 1.54) is 6.20 Å². The van der Waals surface area contributed by atoms with Crippen molar-refractivity contribution in [2.24, 2.45) is 0 Å². The second-order valence-corrected chi connectivity index (χ2v) is 2.80. The monoisotopic (exact) mass is 192 g/mol. The van der Waals surface area contributed by atoms with E-state index in [9.17, 15) is 13.2 Å². The highest BCUT2D eigenvalue weighted by molar-refractivity contribution is 5.19. The summed E-state index contributed by atoms with van der Waals surface area (Å²) in [5.41, 5.74) is 0.752. The maximum absolute atomic E-state index is 12.3. The predicted octanol–water partition coefficient (Wildman–Crippen LogP) is 1.43. The van der Waals surface area contributed by atoms with Crippen LogP contribution < -0.4 is 0 Å². The zero-order valence-electron chi connectivity index (χ0n) is 6.64. The lowest BCUT2D eigenvalue weighted by molar-refractivity contribution is -0.215. The summed E-state index contributed by atoms with van der Waals surface area (Å²) >= 11 is 0. The van der Waals surface area contributed by atoms with E-state index in [4.69, 9.17) is 4.74 Å². The summed E-state index contributed by atoms with van der Waals surface area (Å²) in [6.07, 6.45) is -2.68. The highest BCUT2D eigenvalue weighted by Gasteiger charge is 2.35. The van der Waals surface area contributed by atoms with Gasteiger partial charge in [-0.1, -0.05) is 0 Å². The molecular formula is C7H7F3N2O. The number of fused-ring (bicyclic) bond motifs is 1. The first-order chi connectivity index (χ1) is 6.09. The largest absolute Gasteiger partial charge is 0.504 e. The zero-order chi connectivity index (χ0) is 9.47. The van der Waals surface area contributed by atoms with Gasteiger partial charge in [-0.05, 0) is 12.0 Å². The van der Waals surface area contributed by atoms with Crippen molar-refractivity contribution in [1.29, 1.82) is 0 Å². The van der Waals surface area contributed by atoms with Crippen molar-refractivity contribution < 1.29 is 17.9 Å². The van der Waals surface area contributed by atoms with Gasteiger partial charge in [0.2, 0.25) is 0 Å². The van der Waals surface area contributed by atoms with Crippen LogP contribution in [0.15, 0.2) is 6.20 Å². The summed E-state index contributed by atoms with van der Waals surface area (Å²) in [4.78, 5) is 0. The van der Waals surface area contributed by atoms with E-state index in [0.29, 0.717) is 18.6 Å². The summed E-state index contributed by atoms with van der Waals surface area (Å²) in [5, 5.41) is 3.28. The van der Waals surface area contributed by atoms with Gasteiger partial charge in [-0.3, -0.25) is 0 Å². The minimum Gasteiger partial charge on any atom is -0.375 e. The van der Waals surface area contributed by atoms with E-state index in [2.05, 4.69) is 5.10 Å². The average molecular weight is 192 g/mol. The number of hydrogen-bond donors (Lipinski definition) is 0. The van der Waals surface area contributed by atoms with Gasteiger partial charge in [-0.25, -0.2) is 0 Å². The lowest BCUT2D eigenvalue weighted by atomic mass is 10.1. The summed E-state index contributed by atoms with van der Waals surface area (Å²) < 4.78 is 41.8. The molecular weight excluding hydrogens is 185 g/mol. The Morgan fingerprint density at radius 2 is 2.23 bits per heavy atom. The molecule has 0 bridgehead atoms. The molecule has 0 spiro atoms. The zero-order valence-corrected chi connectivity index (χ0v) is 6.64. The molecule has 0 saturated heterocycles. The maximum Gasteiger partial charge on any atom is 0.504 e. The molecule has 1 aliphatic rings. The van der Waals surface area contributed by atoms with Gasteiger partial charge in [-0.15, -0.1) is 13.2 Å². The molecule has 0 atom stereocenters. The lowest BCUT2D eigenvalue weighted by Crippen LogP contribution is -2.23. The summed E-state index contributed by atoms with van der Waals surface area (Å²) in [6.45, 7) is 0.464. The van der Waals surface area contributed by atoms with Gasteiger partial charge in [0, 0.05) is 0 Å². The van der Waals surface area contributed by atoms with E-state index in [0.717, 1.165) is 0 Å². The molecule has 2 rings (SSSR count). The Morgan fingerprint density at radius 1 is 1.46 bits per heavy atom. The molecule has 3 nitrogen and oxygen atoms in total. The smallest absolute Gasteiger partial charge is 0.375 e. The van der Waals surface area contributed by atoms with Crippen LogP contribution in [0.3, 0.4) is 0 Å². The number of ether oxygens (including phenoxy) is 1. The van der Waals surface area contributed by atoms with Crippen LogP contribution in [-0.2, 0) is 24.1 Å². The maximum atomic E-state index is 12.3. The Bertz CT molecular complexity index is 318. The topological polar surface area (TPSA) is 27.1 Å². The second kappa shape index (κ2) is 2.73. The quantitative estimate of drug-likeness (QED) is 0.621. The molecule has 0 N–H and O–H groups in total. The summed E-state index contributed by atoms with van der Waals surface area (Å²) in [6, 6.07) is 0. The standard InChI is InChI=1S/C7H7F3N2O/c8-7(9,10)12-6-4-13-2-1-5(6)3-11-12/h3H,1-2,4H2. The molecule has 1 aliphatic heterocycles. The van der Waals surface area contributed by atoms with E-state index in [-0.39, 0.29) is 17.0 Å². The first-order valence-electron chi connectivity index (χ1n) is 3.80. The minimum atomic E-state index is -4.44. The molecule has 0 saturated carbocycles. The van der Waals surface area contributed by atoms with Crippen molar-refractivity contribution >= 4 is 0 Å². The Balaban J connectivity index is 2.43. The van der Waals surface area contributed by atoms with E-state index >= 15 is 0 Å². The van der Waals surface area contributed by atoms with Crippen LogP contribution in [0.4, 0.5) is 13.2 Å². The minimum absolute atomic E-state index is 0.00512. The number of nitrogens with zero attached hydrogens (tertiary/aromatic N) is 2. The second-order valence-electron chi connectivity index (χ2n) is 2.80. The van der Waals surface area contributed by atoms with Gasteiger partial charge in [-0.2, -0.15) is 9.78 Å². The highest BCUT2D eigenvalue weighted by Crippen LogP contribution is 2.27. The van der Waals surface area contributed by atoms with Crippen LogP contribution in [0, 0.1) is 0 Å². The Morgan fingerprint density at radius 3 is 2.92 bits per heavy atom. The third-order valence-electron chi connectivity index (χ3n) is 1.95. The highest BCUT2D eigenvalue weighted by atomic mass is 19.4. The molecule has 0 radical (unpaired) electrons. The average Bonchev–Trinajstić information content (AvgIpc) is 2.45. The Kier molecular flexibility index (Phi) is 1.80. The molecule has 0 amide bonds. The number of aromatic nitrogens is 2. The first kappa shape index (κ1) is 8.55. The van der Waals surface area contributed by atoms with Crippen molar-refractivity contribution in [1.82, 2.24) is 9.78 Å². The van der Waals surface area contributed by atoms with Crippen LogP contribution >= 0.6 is 0 Å². The predicted molar refractivity (Wildman–Crippen MR) is 36.9 cm³/mol. The van der Waals surface area contributed by atoms with E-state index in [1.54, 1.807) is 0 Å². The van der Waals surface area contributed by atoms with Crippen LogP contribution in [0.2, 0.25) is 0 Å². The van der Waals surface area contributed by atoms with Crippen molar-refractivity contribution in [3.63, 3.8) is 0 Å². The van der Waals surface area contributed by atoms with Crippen LogP contribution in [-0.4, -0.2) is 16.4 Å². The van der Waals surface area contributed by atoms with E-state index < -0.39 is 6.30 Å². The molecule has 1 aromatic heterocycles. The van der Waals surface area contributed by atoms with Crippen molar-refractivity contribution in [2.75, 3.05) is 6.61 Å². The van der Waals surface area contributed by atoms with Crippen LogP contribution in [0.25, 0.3) is 0 Å². The SMILES string of the molecule is FC(F)(F)n1ncc2c1COCC2. The number of rotatable bonds is 0. The molecule has 0 unspecified atom stereocenters. The van der Waals surface area contributed by atoms with E-state index in [1.807, 2.05) is 0 Å². The normalized spacial score (nSPS) is 17.2. The molecule has 1 aromatic rings. The number of hydrogen-bond acceptors (Lipinski definition) is 2. The van der Waals surface area contributed by atoms with Crippen LogP contribution in [0.1, 0.15) is 11.3 Å². The Labute approximate surface area is 72.1 Å². The number of halogens is 3. The number of alkyl halides is 3. The Hall–Kier alpha value is -1.04. The fourth-order valence-corrected chi connectivity index (χ4v) is 1.34.